The highest BCUT2D eigenvalue weighted by molar-refractivity contribution is 5.94. The van der Waals surface area contributed by atoms with E-state index in [0.717, 1.165) is 6.42 Å². The van der Waals surface area contributed by atoms with E-state index in [2.05, 4.69) is 10.6 Å². The number of carboxylic acid groups (broad SMARTS) is 1. The van der Waals surface area contributed by atoms with E-state index >= 15 is 0 Å². The van der Waals surface area contributed by atoms with E-state index in [1.165, 1.54) is 11.8 Å². The third-order valence-electron chi connectivity index (χ3n) is 5.17. The summed E-state index contributed by atoms with van der Waals surface area (Å²) in [5.41, 5.74) is 16.4. The summed E-state index contributed by atoms with van der Waals surface area (Å²) in [6.07, 6.45) is 2.65. The number of nitrogens with one attached hydrogen (secondary N) is 2. The number of hydrogen-bond acceptors (Lipinski definition) is 7. The average Bonchev–Trinajstić information content (AvgIpc) is 3.19. The molecular weight excluding hydrogens is 408 g/mol. The molecule has 9 N–H and O–H groups in total. The van der Waals surface area contributed by atoms with Crippen molar-refractivity contribution in [1.82, 2.24) is 15.5 Å². The molecule has 31 heavy (non-hydrogen) atoms. The molecule has 0 spiro atoms. The number of primary amides is 1. The number of carboxylic acids is 1. The van der Waals surface area contributed by atoms with Crippen LogP contribution in [0.15, 0.2) is 0 Å². The number of rotatable bonds is 13. The molecule has 1 saturated heterocycles. The van der Waals surface area contributed by atoms with Gasteiger partial charge >= 0.3 is 5.97 Å². The minimum Gasteiger partial charge on any atom is -0.480 e. The van der Waals surface area contributed by atoms with Crippen molar-refractivity contribution in [2.45, 2.75) is 76.0 Å². The monoisotopic (exact) mass is 442 g/mol. The van der Waals surface area contributed by atoms with Gasteiger partial charge in [-0.2, -0.15) is 0 Å². The number of aliphatic carboxylic acids is 1. The van der Waals surface area contributed by atoms with Crippen molar-refractivity contribution in [3.8, 4) is 0 Å². The molecule has 12 nitrogen and oxygen atoms in total. The Labute approximate surface area is 181 Å². The minimum absolute atomic E-state index is 0.163. The van der Waals surface area contributed by atoms with Crippen molar-refractivity contribution >= 4 is 29.6 Å². The maximum absolute atomic E-state index is 12.7. The molecule has 4 atom stereocenters. The van der Waals surface area contributed by atoms with Crippen molar-refractivity contribution in [2.24, 2.45) is 17.2 Å². The molecule has 0 saturated carbocycles. The highest BCUT2D eigenvalue weighted by Gasteiger charge is 2.37. The predicted octanol–water partition coefficient (Wildman–Crippen LogP) is -2.23. The maximum Gasteiger partial charge on any atom is 0.326 e. The fourth-order valence-corrected chi connectivity index (χ4v) is 3.36. The molecule has 1 fully saturated rings. The highest BCUT2D eigenvalue weighted by atomic mass is 16.4. The van der Waals surface area contributed by atoms with Crippen LogP contribution in [-0.2, 0) is 24.0 Å². The number of hydrogen-bond donors (Lipinski definition) is 6. The van der Waals surface area contributed by atoms with Crippen LogP contribution >= 0.6 is 0 Å². The van der Waals surface area contributed by atoms with Crippen molar-refractivity contribution in [2.75, 3.05) is 13.1 Å². The molecule has 4 amide bonds. The normalized spacial score (nSPS) is 18.7. The van der Waals surface area contributed by atoms with E-state index in [1.807, 2.05) is 0 Å². The summed E-state index contributed by atoms with van der Waals surface area (Å²) < 4.78 is 0. The minimum atomic E-state index is -1.32. The van der Waals surface area contributed by atoms with Crippen LogP contribution < -0.4 is 27.8 Å². The van der Waals surface area contributed by atoms with Gasteiger partial charge in [0.2, 0.25) is 23.6 Å². The first-order valence-electron chi connectivity index (χ1n) is 10.5. The molecule has 0 aromatic rings. The summed E-state index contributed by atoms with van der Waals surface area (Å²) in [5.74, 6) is -3.55. The number of carbonyl (C=O) groups is 5. The van der Waals surface area contributed by atoms with Crippen LogP contribution in [0, 0.1) is 0 Å². The second-order valence-corrected chi connectivity index (χ2v) is 7.72. The van der Waals surface area contributed by atoms with Crippen molar-refractivity contribution < 1.29 is 29.1 Å². The molecule has 0 aromatic heterocycles. The maximum atomic E-state index is 12.7. The van der Waals surface area contributed by atoms with Crippen LogP contribution in [0.1, 0.15) is 51.9 Å². The van der Waals surface area contributed by atoms with Crippen LogP contribution in [0.25, 0.3) is 0 Å². The number of nitrogens with two attached hydrogens (primary N) is 3. The Morgan fingerprint density at radius 2 is 1.81 bits per heavy atom. The summed E-state index contributed by atoms with van der Waals surface area (Å²) >= 11 is 0. The Kier molecular flexibility index (Phi) is 10.9. The number of carbonyl (C=O) groups excluding carboxylic acids is 4. The zero-order chi connectivity index (χ0) is 23.6. The lowest BCUT2D eigenvalue weighted by Gasteiger charge is -2.28. The molecule has 176 valence electrons. The molecule has 1 aliphatic rings. The first kappa shape index (κ1) is 26.3. The first-order valence-corrected chi connectivity index (χ1v) is 10.5. The molecular formula is C19H34N6O6. The number of unbranched alkanes of at least 4 members (excludes halogenated alkanes) is 1. The lowest BCUT2D eigenvalue weighted by molar-refractivity contribution is -0.143. The van der Waals surface area contributed by atoms with E-state index in [9.17, 15) is 29.1 Å². The van der Waals surface area contributed by atoms with Gasteiger partial charge in [-0.15, -0.1) is 0 Å². The molecule has 12 heteroatoms. The molecule has 1 heterocycles. The zero-order valence-corrected chi connectivity index (χ0v) is 17.8. The number of likely N-dealkylation sites (tertiary alicyclic amines) is 1. The van der Waals surface area contributed by atoms with Crippen molar-refractivity contribution in [3.63, 3.8) is 0 Å². The van der Waals surface area contributed by atoms with Gasteiger partial charge in [0.1, 0.15) is 18.1 Å². The van der Waals surface area contributed by atoms with Gasteiger partial charge in [-0.25, -0.2) is 4.79 Å². The fraction of sp³-hybridized carbons (Fsp3) is 0.737. The Bertz CT molecular complexity index is 672. The fourth-order valence-electron chi connectivity index (χ4n) is 3.36. The Morgan fingerprint density at radius 3 is 2.39 bits per heavy atom. The van der Waals surface area contributed by atoms with E-state index in [-0.39, 0.29) is 18.7 Å². The molecule has 0 radical (unpaired) electrons. The molecule has 1 aliphatic heterocycles. The van der Waals surface area contributed by atoms with Crippen LogP contribution in [0.3, 0.4) is 0 Å². The third-order valence-corrected chi connectivity index (χ3v) is 5.17. The largest absolute Gasteiger partial charge is 0.480 e. The molecule has 0 unspecified atom stereocenters. The van der Waals surface area contributed by atoms with E-state index in [0.29, 0.717) is 38.8 Å². The quantitative estimate of drug-likeness (QED) is 0.171. The third kappa shape index (κ3) is 8.50. The van der Waals surface area contributed by atoms with Gasteiger partial charge in [-0.1, -0.05) is 6.42 Å². The number of amides is 4. The smallest absolute Gasteiger partial charge is 0.326 e. The summed E-state index contributed by atoms with van der Waals surface area (Å²) in [6.45, 7) is 2.32. The first-order chi connectivity index (χ1) is 14.6. The Hall–Kier alpha value is -2.73. The molecule has 0 aromatic carbocycles. The van der Waals surface area contributed by atoms with E-state index in [1.54, 1.807) is 0 Å². The lowest BCUT2D eigenvalue weighted by atomic mass is 10.1. The Morgan fingerprint density at radius 1 is 1.13 bits per heavy atom. The van der Waals surface area contributed by atoms with Crippen molar-refractivity contribution in [1.29, 1.82) is 0 Å². The topological polar surface area (TPSA) is 211 Å². The molecule has 1 rings (SSSR count). The van der Waals surface area contributed by atoms with Gasteiger partial charge in [0.25, 0.3) is 0 Å². The zero-order valence-electron chi connectivity index (χ0n) is 17.8. The highest BCUT2D eigenvalue weighted by Crippen LogP contribution is 2.19. The molecule has 0 aliphatic carbocycles. The van der Waals surface area contributed by atoms with Crippen LogP contribution in [0.5, 0.6) is 0 Å². The van der Waals surface area contributed by atoms with Gasteiger partial charge < -0.3 is 37.8 Å². The SMILES string of the molecule is C[C@H](NC(=O)[C@@H]1CCCN1C(=O)[C@@H](N)CCCCN)C(=O)N[C@@H](CCC(N)=O)C(=O)O. The van der Waals surface area contributed by atoms with Gasteiger partial charge in [0, 0.05) is 13.0 Å². The van der Waals surface area contributed by atoms with Crippen LogP contribution in [0.2, 0.25) is 0 Å². The Balaban J connectivity index is 2.64. The van der Waals surface area contributed by atoms with Crippen LogP contribution in [-0.4, -0.2) is 76.9 Å². The average molecular weight is 443 g/mol. The van der Waals surface area contributed by atoms with Gasteiger partial charge in [-0.05, 0) is 45.6 Å². The van der Waals surface area contributed by atoms with E-state index in [4.69, 9.17) is 17.2 Å². The van der Waals surface area contributed by atoms with E-state index < -0.39 is 47.9 Å². The predicted molar refractivity (Wildman–Crippen MR) is 111 cm³/mol. The van der Waals surface area contributed by atoms with Gasteiger partial charge in [0.15, 0.2) is 0 Å². The lowest BCUT2D eigenvalue weighted by Crippen LogP contribution is -2.55. The second kappa shape index (κ2) is 12.8. The summed E-state index contributed by atoms with van der Waals surface area (Å²) in [4.78, 5) is 61.2. The summed E-state index contributed by atoms with van der Waals surface area (Å²) in [5, 5.41) is 14.0. The van der Waals surface area contributed by atoms with Crippen molar-refractivity contribution in [3.05, 3.63) is 0 Å². The number of nitrogens with zero attached hydrogens (tertiary/aromatic N) is 1. The van der Waals surface area contributed by atoms with Gasteiger partial charge in [0.05, 0.1) is 6.04 Å². The second-order valence-electron chi connectivity index (χ2n) is 7.72. The van der Waals surface area contributed by atoms with Crippen LogP contribution in [0.4, 0.5) is 0 Å². The summed E-state index contributed by atoms with van der Waals surface area (Å²) in [7, 11) is 0. The standard InChI is InChI=1S/C19H34N6O6/c1-11(16(27)24-13(19(30)31)7-8-15(22)26)23-17(28)14-6-4-10-25(14)18(29)12(21)5-2-3-9-20/h11-14H,2-10,20-21H2,1H3,(H2,22,26)(H,23,28)(H,24,27)(H,30,31)/t11-,12-,13-,14-/m0/s1. The summed E-state index contributed by atoms with van der Waals surface area (Å²) in [6, 6.07) is -3.81. The molecule has 0 bridgehead atoms. The van der Waals surface area contributed by atoms with Gasteiger partial charge in [-0.3, -0.25) is 19.2 Å².